The lowest BCUT2D eigenvalue weighted by Gasteiger charge is -2.35. The van der Waals surface area contributed by atoms with E-state index in [-0.39, 0.29) is 0 Å². The minimum absolute atomic E-state index is 0.501. The molecule has 12 aromatic rings. The summed E-state index contributed by atoms with van der Waals surface area (Å²) in [7, 11) is 0. The molecule has 1 aliphatic carbocycles. The average molecular weight is 879 g/mol. The number of aromatic nitrogens is 1. The highest BCUT2D eigenvalue weighted by atomic mass is 15.1. The Morgan fingerprint density at radius 2 is 0.783 bits per heavy atom. The first-order valence-electron chi connectivity index (χ1n) is 23.8. The summed E-state index contributed by atoms with van der Waals surface area (Å²) in [6.07, 6.45) is 0. The Kier molecular flexibility index (Phi) is 9.77. The lowest BCUT2D eigenvalue weighted by molar-refractivity contribution is 0.768. The summed E-state index contributed by atoms with van der Waals surface area (Å²) in [6, 6.07) is 102. The van der Waals surface area contributed by atoms with Crippen LogP contribution in [0.2, 0.25) is 0 Å². The summed E-state index contributed by atoms with van der Waals surface area (Å²) in [4.78, 5) is 2.41. The van der Waals surface area contributed by atoms with E-state index in [9.17, 15) is 0 Å². The SMILES string of the molecule is c1ccc(-c2cccc(-n3c4ccccc4c4ccc(-c5cccc(-c6cccc(N(c7ccccc7)c7ccc8c(c7)C(c7ccccc7)(c7ccccc7)c7ccccc7-8)c6)c5)cc43)c2)cc1. The van der Waals surface area contributed by atoms with E-state index in [1.54, 1.807) is 0 Å². The third-order valence-electron chi connectivity index (χ3n) is 14.2. The van der Waals surface area contributed by atoms with Crippen LogP contribution in [0.5, 0.6) is 0 Å². The monoisotopic (exact) mass is 878 g/mol. The van der Waals surface area contributed by atoms with Crippen molar-refractivity contribution in [2.75, 3.05) is 4.90 Å². The van der Waals surface area contributed by atoms with Crippen LogP contribution in [-0.4, -0.2) is 4.57 Å². The molecule has 0 bridgehead atoms. The Balaban J connectivity index is 0.923. The number of anilines is 3. The summed E-state index contributed by atoms with van der Waals surface area (Å²) in [5, 5.41) is 2.49. The highest BCUT2D eigenvalue weighted by Gasteiger charge is 2.46. The maximum absolute atomic E-state index is 2.45. The Hall–Kier alpha value is -8.98. The lowest BCUT2D eigenvalue weighted by Crippen LogP contribution is -2.28. The van der Waals surface area contributed by atoms with Gasteiger partial charge in [-0.05, 0) is 133 Å². The van der Waals surface area contributed by atoms with Crippen molar-refractivity contribution >= 4 is 38.9 Å². The van der Waals surface area contributed by atoms with Crippen LogP contribution in [0.15, 0.2) is 279 Å². The number of rotatable bonds is 9. The zero-order valence-electron chi connectivity index (χ0n) is 38.0. The van der Waals surface area contributed by atoms with E-state index in [1.807, 2.05) is 0 Å². The minimum atomic E-state index is -0.501. The Labute approximate surface area is 403 Å². The number of benzene rings is 11. The first kappa shape index (κ1) is 40.3. The second kappa shape index (κ2) is 16.7. The average Bonchev–Trinajstić information content (AvgIpc) is 3.92. The standard InChI is InChI=1S/C67H46N2/c1-5-20-47(21-6-1)50-24-18-33-57(43-50)69-65-37-16-14-35-61(65)62-40-38-52(45-66(62)69)49-23-17-22-48(42-49)51-25-19-32-56(44-51)68(55-30-11-4-12-31-55)58-39-41-60-59-34-13-15-36-63(59)67(64(60)46-58,53-26-7-2-8-27-53)54-28-9-3-10-29-54/h1-46H. The van der Waals surface area contributed by atoms with E-state index in [0.29, 0.717) is 0 Å². The van der Waals surface area contributed by atoms with Crippen LogP contribution in [0.25, 0.3) is 72.0 Å². The zero-order valence-corrected chi connectivity index (χ0v) is 38.0. The van der Waals surface area contributed by atoms with Gasteiger partial charge in [0, 0.05) is 33.5 Å². The van der Waals surface area contributed by atoms with Crippen molar-refractivity contribution in [3.05, 3.63) is 301 Å². The molecule has 1 heterocycles. The second-order valence-electron chi connectivity index (χ2n) is 18.1. The largest absolute Gasteiger partial charge is 0.310 e. The molecule has 2 heteroatoms. The molecule has 13 rings (SSSR count). The predicted molar refractivity (Wildman–Crippen MR) is 289 cm³/mol. The Bertz CT molecular complexity index is 3790. The molecule has 0 atom stereocenters. The fourth-order valence-electron chi connectivity index (χ4n) is 11.2. The van der Waals surface area contributed by atoms with E-state index in [2.05, 4.69) is 289 Å². The minimum Gasteiger partial charge on any atom is -0.310 e. The number of fused-ring (bicyclic) bond motifs is 6. The lowest BCUT2D eigenvalue weighted by atomic mass is 9.67. The van der Waals surface area contributed by atoms with Gasteiger partial charge in [-0.1, -0.05) is 212 Å². The normalized spacial score (nSPS) is 12.5. The van der Waals surface area contributed by atoms with Gasteiger partial charge in [-0.15, -0.1) is 0 Å². The topological polar surface area (TPSA) is 8.17 Å². The molecule has 0 saturated carbocycles. The van der Waals surface area contributed by atoms with Crippen LogP contribution in [0.1, 0.15) is 22.3 Å². The third kappa shape index (κ3) is 6.72. The van der Waals surface area contributed by atoms with Gasteiger partial charge in [0.15, 0.2) is 0 Å². The number of para-hydroxylation sites is 2. The predicted octanol–water partition coefficient (Wildman–Crippen LogP) is 17.6. The molecule has 0 unspecified atom stereocenters. The summed E-state index contributed by atoms with van der Waals surface area (Å²) in [5.41, 5.74) is 21.0. The molecule has 0 fully saturated rings. The van der Waals surface area contributed by atoms with E-state index < -0.39 is 5.41 Å². The zero-order chi connectivity index (χ0) is 45.7. The summed E-state index contributed by atoms with van der Waals surface area (Å²) in [5.74, 6) is 0. The van der Waals surface area contributed by atoms with Crippen molar-refractivity contribution in [3.63, 3.8) is 0 Å². The fourth-order valence-corrected chi connectivity index (χ4v) is 11.2. The van der Waals surface area contributed by atoms with Gasteiger partial charge in [-0.25, -0.2) is 0 Å². The van der Waals surface area contributed by atoms with E-state index in [4.69, 9.17) is 0 Å². The molecular formula is C67H46N2. The Morgan fingerprint density at radius 3 is 1.52 bits per heavy atom. The quantitative estimate of drug-likeness (QED) is 0.140. The number of hydrogen-bond donors (Lipinski definition) is 0. The molecule has 324 valence electrons. The molecule has 0 radical (unpaired) electrons. The smallest absolute Gasteiger partial charge is 0.0714 e. The van der Waals surface area contributed by atoms with Crippen molar-refractivity contribution < 1.29 is 0 Å². The van der Waals surface area contributed by atoms with E-state index >= 15 is 0 Å². The molecular weight excluding hydrogens is 833 g/mol. The van der Waals surface area contributed by atoms with E-state index in [0.717, 1.165) is 33.9 Å². The van der Waals surface area contributed by atoms with Crippen molar-refractivity contribution in [2.24, 2.45) is 0 Å². The van der Waals surface area contributed by atoms with Crippen LogP contribution in [0.4, 0.5) is 17.1 Å². The summed E-state index contributed by atoms with van der Waals surface area (Å²) < 4.78 is 2.42. The Morgan fingerprint density at radius 1 is 0.275 bits per heavy atom. The molecule has 69 heavy (non-hydrogen) atoms. The van der Waals surface area contributed by atoms with Gasteiger partial charge in [0.1, 0.15) is 0 Å². The molecule has 0 saturated heterocycles. The van der Waals surface area contributed by atoms with Gasteiger partial charge in [0.2, 0.25) is 0 Å². The van der Waals surface area contributed by atoms with Crippen LogP contribution < -0.4 is 4.90 Å². The first-order chi connectivity index (χ1) is 34.2. The maximum Gasteiger partial charge on any atom is 0.0714 e. The van der Waals surface area contributed by atoms with Gasteiger partial charge in [-0.2, -0.15) is 0 Å². The molecule has 1 aliphatic rings. The fraction of sp³-hybridized carbons (Fsp3) is 0.0149. The van der Waals surface area contributed by atoms with Gasteiger partial charge < -0.3 is 9.47 Å². The highest BCUT2D eigenvalue weighted by molar-refractivity contribution is 6.10. The molecule has 0 amide bonds. The van der Waals surface area contributed by atoms with Crippen LogP contribution >= 0.6 is 0 Å². The summed E-state index contributed by atoms with van der Waals surface area (Å²) in [6.45, 7) is 0. The van der Waals surface area contributed by atoms with Gasteiger partial charge >= 0.3 is 0 Å². The molecule has 0 aliphatic heterocycles. The van der Waals surface area contributed by atoms with Crippen molar-refractivity contribution in [1.29, 1.82) is 0 Å². The molecule has 11 aromatic carbocycles. The number of nitrogens with zero attached hydrogens (tertiary/aromatic N) is 2. The maximum atomic E-state index is 2.45. The van der Waals surface area contributed by atoms with Gasteiger partial charge in [0.25, 0.3) is 0 Å². The molecule has 0 spiro atoms. The number of hydrogen-bond acceptors (Lipinski definition) is 1. The van der Waals surface area contributed by atoms with Gasteiger partial charge in [0.05, 0.1) is 16.4 Å². The third-order valence-corrected chi connectivity index (χ3v) is 14.2. The van der Waals surface area contributed by atoms with Crippen LogP contribution in [0.3, 0.4) is 0 Å². The van der Waals surface area contributed by atoms with Crippen LogP contribution in [0, 0.1) is 0 Å². The van der Waals surface area contributed by atoms with Crippen LogP contribution in [-0.2, 0) is 5.41 Å². The molecule has 2 nitrogen and oxygen atoms in total. The second-order valence-corrected chi connectivity index (χ2v) is 18.1. The van der Waals surface area contributed by atoms with Crippen molar-refractivity contribution in [2.45, 2.75) is 5.41 Å². The summed E-state index contributed by atoms with van der Waals surface area (Å²) >= 11 is 0. The molecule has 0 N–H and O–H groups in total. The molecule has 1 aromatic heterocycles. The van der Waals surface area contributed by atoms with Crippen molar-refractivity contribution in [3.8, 4) is 50.2 Å². The van der Waals surface area contributed by atoms with E-state index in [1.165, 1.54) is 77.4 Å². The van der Waals surface area contributed by atoms with Gasteiger partial charge in [-0.3, -0.25) is 0 Å². The first-order valence-corrected chi connectivity index (χ1v) is 23.8. The van der Waals surface area contributed by atoms with Crippen molar-refractivity contribution in [1.82, 2.24) is 4.57 Å². The highest BCUT2D eigenvalue weighted by Crippen LogP contribution is 2.57.